The second kappa shape index (κ2) is 4.95. The minimum atomic E-state index is 0.308. The molecule has 15 heavy (non-hydrogen) atoms. The van der Waals surface area contributed by atoms with E-state index in [0.29, 0.717) is 11.0 Å². The highest BCUT2D eigenvalue weighted by Gasteiger charge is 2.19. The van der Waals surface area contributed by atoms with Crippen LogP contribution in [0.15, 0.2) is 6.07 Å². The fraction of sp³-hybridized carbons (Fsp3) is 0.600. The van der Waals surface area contributed by atoms with Crippen LogP contribution in [0.3, 0.4) is 0 Å². The van der Waals surface area contributed by atoms with Gasteiger partial charge >= 0.3 is 0 Å². The van der Waals surface area contributed by atoms with Crippen LogP contribution >= 0.6 is 11.6 Å². The molecule has 1 radical (unpaired) electrons. The highest BCUT2D eigenvalue weighted by molar-refractivity contribution is 6.38. The summed E-state index contributed by atoms with van der Waals surface area (Å²) in [4.78, 5) is 8.80. The number of nitrogens with one attached hydrogen (secondary N) is 1. The van der Waals surface area contributed by atoms with Gasteiger partial charge in [-0.05, 0) is 25.6 Å². The summed E-state index contributed by atoms with van der Waals surface area (Å²) in [6.45, 7) is 4.05. The third-order valence-electron chi connectivity index (χ3n) is 2.60. The van der Waals surface area contributed by atoms with Crippen molar-refractivity contribution in [2.45, 2.75) is 25.5 Å². The van der Waals surface area contributed by atoms with Crippen molar-refractivity contribution in [2.24, 2.45) is 0 Å². The molecule has 1 N–H and O–H groups in total. The number of aryl methyl sites for hydroxylation is 1. The third-order valence-corrected chi connectivity index (χ3v) is 2.79. The number of halogens is 1. The number of nitrogens with zero attached hydrogens (tertiary/aromatic N) is 2. The first-order valence-electron chi connectivity index (χ1n) is 5.37. The van der Waals surface area contributed by atoms with Gasteiger partial charge in [0.2, 0.25) is 0 Å². The molecule has 0 bridgehead atoms. The van der Waals surface area contributed by atoms with E-state index in [0.717, 1.165) is 37.3 Å². The van der Waals surface area contributed by atoms with E-state index in [4.69, 9.17) is 11.6 Å². The van der Waals surface area contributed by atoms with Crippen LogP contribution in [-0.4, -0.2) is 30.3 Å². The van der Waals surface area contributed by atoms with Crippen LogP contribution in [0, 0.1) is 0 Å². The van der Waals surface area contributed by atoms with Gasteiger partial charge in [0.1, 0.15) is 18.3 Å². The molecule has 2 heterocycles. The van der Waals surface area contributed by atoms with Gasteiger partial charge in [0.05, 0.1) is 0 Å². The maximum absolute atomic E-state index is 5.96. The van der Waals surface area contributed by atoms with Crippen LogP contribution < -0.4 is 5.32 Å². The molecule has 1 aromatic rings. The van der Waals surface area contributed by atoms with E-state index in [1.807, 2.05) is 6.07 Å². The van der Waals surface area contributed by atoms with Gasteiger partial charge in [0.25, 0.3) is 0 Å². The van der Waals surface area contributed by atoms with Crippen molar-refractivity contribution in [1.29, 1.82) is 0 Å². The lowest BCUT2D eigenvalue weighted by atomic mass is 9.59. The van der Waals surface area contributed by atoms with Crippen molar-refractivity contribution in [3.05, 3.63) is 22.7 Å². The summed E-state index contributed by atoms with van der Waals surface area (Å²) in [5.74, 6) is 1.16. The number of rotatable bonds is 2. The Hall–Kier alpha value is -0.605. The first kappa shape index (κ1) is 10.9. The second-order valence-corrected chi connectivity index (χ2v) is 4.12. The largest absolute Gasteiger partial charge is 0.317 e. The Morgan fingerprint density at radius 3 is 3.13 bits per heavy atom. The summed E-state index contributed by atoms with van der Waals surface area (Å²) in [6.07, 6.45) is 1.97. The van der Waals surface area contributed by atoms with Crippen molar-refractivity contribution in [3.63, 3.8) is 0 Å². The van der Waals surface area contributed by atoms with Crippen molar-refractivity contribution >= 4 is 18.9 Å². The Labute approximate surface area is 95.9 Å². The summed E-state index contributed by atoms with van der Waals surface area (Å²) in [6, 6.07) is 1.83. The van der Waals surface area contributed by atoms with Crippen LogP contribution in [0.2, 0.25) is 11.5 Å². The van der Waals surface area contributed by atoms with Gasteiger partial charge in [-0.2, -0.15) is 0 Å². The molecule has 1 saturated heterocycles. The summed E-state index contributed by atoms with van der Waals surface area (Å²) in [7, 11) is 2.27. The lowest BCUT2D eigenvalue weighted by Gasteiger charge is -2.21. The van der Waals surface area contributed by atoms with E-state index in [9.17, 15) is 0 Å². The zero-order valence-electron chi connectivity index (χ0n) is 8.83. The van der Waals surface area contributed by atoms with E-state index >= 15 is 0 Å². The Balaban J connectivity index is 2.22. The van der Waals surface area contributed by atoms with Crippen molar-refractivity contribution in [3.8, 4) is 0 Å². The van der Waals surface area contributed by atoms with Crippen molar-refractivity contribution in [1.82, 2.24) is 15.3 Å². The normalized spacial score (nSPS) is 21.1. The molecule has 0 saturated carbocycles. The number of aromatic nitrogens is 2. The van der Waals surface area contributed by atoms with Crippen LogP contribution in [0.4, 0.5) is 0 Å². The predicted octanol–water partition coefficient (Wildman–Crippen LogP) is 1.46. The van der Waals surface area contributed by atoms with Crippen molar-refractivity contribution in [2.75, 3.05) is 13.1 Å². The Kier molecular flexibility index (Phi) is 3.59. The minimum Gasteiger partial charge on any atom is -0.317 e. The molecule has 79 valence electrons. The Morgan fingerprint density at radius 1 is 1.60 bits per heavy atom. The Bertz CT molecular complexity index is 339. The van der Waals surface area contributed by atoms with E-state index in [-0.39, 0.29) is 0 Å². The Morgan fingerprint density at radius 2 is 2.47 bits per heavy atom. The quantitative estimate of drug-likeness (QED) is 0.608. The van der Waals surface area contributed by atoms with Crippen LogP contribution in [-0.2, 0) is 6.42 Å². The highest BCUT2D eigenvalue weighted by Crippen LogP contribution is 2.17. The number of hydrogen-bond donors (Lipinski definition) is 1. The van der Waals surface area contributed by atoms with Crippen LogP contribution in [0.25, 0.3) is 0 Å². The average molecular weight is 223 g/mol. The zero-order chi connectivity index (χ0) is 10.7. The van der Waals surface area contributed by atoms with Gasteiger partial charge in [-0.3, -0.25) is 0 Å². The molecule has 1 fully saturated rings. The summed E-state index contributed by atoms with van der Waals surface area (Å²) < 4.78 is 0. The molecule has 0 aliphatic carbocycles. The lowest BCUT2D eigenvalue weighted by molar-refractivity contribution is 0.640. The minimum absolute atomic E-state index is 0.308. The molecular weight excluding hydrogens is 208 g/mol. The maximum atomic E-state index is 5.96. The maximum Gasteiger partial charge on any atom is 0.133 e. The molecule has 1 aliphatic heterocycles. The smallest absolute Gasteiger partial charge is 0.133 e. The second-order valence-electron chi connectivity index (χ2n) is 3.73. The van der Waals surface area contributed by atoms with Crippen molar-refractivity contribution < 1.29 is 0 Å². The molecule has 2 rings (SSSR count). The molecule has 3 nitrogen and oxygen atoms in total. The highest BCUT2D eigenvalue weighted by atomic mass is 35.5. The van der Waals surface area contributed by atoms with Gasteiger partial charge in [-0.25, -0.2) is 9.97 Å². The molecule has 0 amide bonds. The third kappa shape index (κ3) is 2.70. The lowest BCUT2D eigenvalue weighted by Crippen LogP contribution is -2.34. The number of hydrogen-bond acceptors (Lipinski definition) is 3. The summed E-state index contributed by atoms with van der Waals surface area (Å²) in [5, 5.41) is 3.89. The standard InChI is InChI=1S/C10H14BClN3/c1-2-7-5-9(12)15-10(14-7)8-6-13-4-3-11-8/h5,8,13H,2-4,6H2,1H3. The summed E-state index contributed by atoms with van der Waals surface area (Å²) >= 11 is 5.96. The zero-order valence-corrected chi connectivity index (χ0v) is 9.59. The molecule has 1 atom stereocenters. The SMILES string of the molecule is CCc1cc(Cl)nc(C2[B]CCNC2)n1. The molecule has 0 aromatic carbocycles. The fourth-order valence-corrected chi connectivity index (χ4v) is 1.97. The average Bonchev–Trinajstić information content (AvgIpc) is 2.29. The topological polar surface area (TPSA) is 37.8 Å². The molecule has 0 spiro atoms. The van der Waals surface area contributed by atoms with Crippen LogP contribution in [0.1, 0.15) is 24.3 Å². The van der Waals surface area contributed by atoms with Gasteiger partial charge in [-0.1, -0.05) is 24.8 Å². The van der Waals surface area contributed by atoms with E-state index in [1.165, 1.54) is 0 Å². The predicted molar refractivity (Wildman–Crippen MR) is 62.6 cm³/mol. The first-order chi connectivity index (χ1) is 7.29. The van der Waals surface area contributed by atoms with Gasteiger partial charge in [-0.15, -0.1) is 0 Å². The molecule has 1 aliphatic rings. The molecule has 5 heteroatoms. The molecular formula is C10H14BClN3. The molecule has 1 unspecified atom stereocenters. The van der Waals surface area contributed by atoms with Gasteiger partial charge < -0.3 is 5.32 Å². The van der Waals surface area contributed by atoms with E-state index in [2.05, 4.69) is 29.5 Å². The van der Waals surface area contributed by atoms with Crippen LogP contribution in [0.5, 0.6) is 0 Å². The van der Waals surface area contributed by atoms with Gasteiger partial charge in [0.15, 0.2) is 0 Å². The monoisotopic (exact) mass is 222 g/mol. The van der Waals surface area contributed by atoms with E-state index in [1.54, 1.807) is 0 Å². The molecule has 1 aromatic heterocycles. The first-order valence-corrected chi connectivity index (χ1v) is 5.74. The van der Waals surface area contributed by atoms with Gasteiger partial charge in [0, 0.05) is 11.5 Å². The fourth-order valence-electron chi connectivity index (χ4n) is 1.75. The summed E-state index contributed by atoms with van der Waals surface area (Å²) in [5.41, 5.74) is 1.02. The van der Waals surface area contributed by atoms with E-state index < -0.39 is 0 Å².